The van der Waals surface area contributed by atoms with Gasteiger partial charge in [-0.2, -0.15) is 5.10 Å². The van der Waals surface area contributed by atoms with E-state index in [1.807, 2.05) is 0 Å². The number of amides is 1. The maximum Gasteiger partial charge on any atom is 0.287 e. The van der Waals surface area contributed by atoms with E-state index in [0.717, 1.165) is 5.56 Å². The third-order valence-electron chi connectivity index (χ3n) is 2.22. The molecular weight excluding hydrogens is 309 g/mol. The molecule has 4 nitrogen and oxygen atoms in total. The van der Waals surface area contributed by atoms with Crippen molar-refractivity contribution in [2.45, 2.75) is 0 Å². The predicted octanol–water partition coefficient (Wildman–Crippen LogP) is 3.74. The number of nitrogens with one attached hydrogen (secondary N) is 2. The lowest BCUT2D eigenvalue weighted by atomic mass is 10.2. The molecule has 0 aliphatic rings. The SMILES string of the molecule is O=C(N/N=C/c1ccc(Cl)cc1)c1cc(Cl)c(Cl)[nH]1. The fraction of sp³-hybridized carbons (Fsp3) is 0. The quantitative estimate of drug-likeness (QED) is 0.658. The molecule has 19 heavy (non-hydrogen) atoms. The molecule has 1 aromatic heterocycles. The molecule has 0 bridgehead atoms. The fourth-order valence-electron chi connectivity index (χ4n) is 1.30. The highest BCUT2D eigenvalue weighted by molar-refractivity contribution is 6.41. The van der Waals surface area contributed by atoms with Crippen molar-refractivity contribution in [2.75, 3.05) is 0 Å². The minimum absolute atomic E-state index is 0.216. The van der Waals surface area contributed by atoms with Crippen LogP contribution in [0.4, 0.5) is 0 Å². The van der Waals surface area contributed by atoms with Crippen LogP contribution in [-0.2, 0) is 0 Å². The zero-order valence-electron chi connectivity index (χ0n) is 9.45. The van der Waals surface area contributed by atoms with E-state index in [1.54, 1.807) is 24.3 Å². The van der Waals surface area contributed by atoms with Gasteiger partial charge < -0.3 is 4.98 Å². The Morgan fingerprint density at radius 2 is 1.89 bits per heavy atom. The molecule has 0 aliphatic heterocycles. The maximum atomic E-state index is 11.7. The van der Waals surface area contributed by atoms with Gasteiger partial charge in [0.15, 0.2) is 0 Å². The van der Waals surface area contributed by atoms with Crippen LogP contribution in [0.25, 0.3) is 0 Å². The van der Waals surface area contributed by atoms with Gasteiger partial charge >= 0.3 is 0 Å². The molecular formula is C12H8Cl3N3O. The average molecular weight is 317 g/mol. The van der Waals surface area contributed by atoms with Crippen LogP contribution in [0.2, 0.25) is 15.2 Å². The van der Waals surface area contributed by atoms with E-state index >= 15 is 0 Å². The molecule has 0 saturated heterocycles. The number of halogens is 3. The van der Waals surface area contributed by atoms with E-state index in [0.29, 0.717) is 5.02 Å². The van der Waals surface area contributed by atoms with Gasteiger partial charge in [0.2, 0.25) is 0 Å². The van der Waals surface area contributed by atoms with E-state index in [1.165, 1.54) is 12.3 Å². The number of H-pyrrole nitrogens is 1. The summed E-state index contributed by atoms with van der Waals surface area (Å²) in [6.07, 6.45) is 1.50. The lowest BCUT2D eigenvalue weighted by Crippen LogP contribution is -2.17. The van der Waals surface area contributed by atoms with Crippen molar-refractivity contribution in [1.82, 2.24) is 10.4 Å². The van der Waals surface area contributed by atoms with E-state index in [4.69, 9.17) is 34.8 Å². The molecule has 1 heterocycles. The molecule has 0 atom stereocenters. The van der Waals surface area contributed by atoms with Crippen LogP contribution >= 0.6 is 34.8 Å². The molecule has 0 unspecified atom stereocenters. The molecule has 0 fully saturated rings. The van der Waals surface area contributed by atoms with Crippen LogP contribution in [0, 0.1) is 0 Å². The summed E-state index contributed by atoms with van der Waals surface area (Å²) in [6.45, 7) is 0. The molecule has 0 spiro atoms. The van der Waals surface area contributed by atoms with Gasteiger partial charge in [0.1, 0.15) is 10.8 Å². The Balaban J connectivity index is 1.98. The Labute approximate surface area is 124 Å². The third kappa shape index (κ3) is 3.73. The highest BCUT2D eigenvalue weighted by Crippen LogP contribution is 2.21. The predicted molar refractivity (Wildman–Crippen MR) is 77.3 cm³/mol. The Hall–Kier alpha value is -1.49. The summed E-state index contributed by atoms with van der Waals surface area (Å²) in [7, 11) is 0. The first-order chi connectivity index (χ1) is 9.06. The zero-order valence-corrected chi connectivity index (χ0v) is 11.7. The molecule has 2 rings (SSSR count). The normalized spacial score (nSPS) is 10.9. The summed E-state index contributed by atoms with van der Waals surface area (Å²) < 4.78 is 0. The topological polar surface area (TPSA) is 57.2 Å². The fourth-order valence-corrected chi connectivity index (χ4v) is 1.74. The lowest BCUT2D eigenvalue weighted by molar-refractivity contribution is 0.0951. The highest BCUT2D eigenvalue weighted by atomic mass is 35.5. The monoisotopic (exact) mass is 315 g/mol. The summed E-state index contributed by atoms with van der Waals surface area (Å²) in [5, 5.41) is 4.95. The summed E-state index contributed by atoms with van der Waals surface area (Å²) in [5.41, 5.74) is 3.40. The number of hydrogen-bond acceptors (Lipinski definition) is 2. The van der Waals surface area contributed by atoms with Crippen molar-refractivity contribution < 1.29 is 4.79 Å². The largest absolute Gasteiger partial charge is 0.340 e. The van der Waals surface area contributed by atoms with E-state index in [-0.39, 0.29) is 15.9 Å². The number of aromatic amines is 1. The minimum atomic E-state index is -0.431. The molecule has 0 radical (unpaired) electrons. The van der Waals surface area contributed by atoms with Crippen LogP contribution in [0.1, 0.15) is 16.1 Å². The van der Waals surface area contributed by atoms with Crippen LogP contribution in [0.3, 0.4) is 0 Å². The summed E-state index contributed by atoms with van der Waals surface area (Å²) in [5.74, 6) is -0.431. The van der Waals surface area contributed by atoms with Crippen molar-refractivity contribution >= 4 is 46.9 Å². The number of benzene rings is 1. The molecule has 0 aliphatic carbocycles. The number of rotatable bonds is 3. The Morgan fingerprint density at radius 1 is 1.21 bits per heavy atom. The molecule has 98 valence electrons. The first kappa shape index (κ1) is 13.9. The summed E-state index contributed by atoms with van der Waals surface area (Å²) >= 11 is 17.2. The second-order valence-electron chi connectivity index (χ2n) is 3.60. The second kappa shape index (κ2) is 6.10. The molecule has 7 heteroatoms. The van der Waals surface area contributed by atoms with Gasteiger partial charge in [-0.25, -0.2) is 5.43 Å². The van der Waals surface area contributed by atoms with Crippen molar-refractivity contribution in [3.8, 4) is 0 Å². The van der Waals surface area contributed by atoms with Crippen molar-refractivity contribution in [3.63, 3.8) is 0 Å². The van der Waals surface area contributed by atoms with Gasteiger partial charge in [-0.15, -0.1) is 0 Å². The number of carbonyl (C=O) groups excluding carboxylic acids is 1. The third-order valence-corrected chi connectivity index (χ3v) is 3.16. The summed E-state index contributed by atoms with van der Waals surface area (Å²) in [4.78, 5) is 14.3. The highest BCUT2D eigenvalue weighted by Gasteiger charge is 2.10. The molecule has 1 aromatic carbocycles. The van der Waals surface area contributed by atoms with E-state index < -0.39 is 5.91 Å². The molecule has 2 aromatic rings. The maximum absolute atomic E-state index is 11.7. The first-order valence-corrected chi connectivity index (χ1v) is 6.32. The van der Waals surface area contributed by atoms with E-state index in [9.17, 15) is 4.79 Å². The van der Waals surface area contributed by atoms with Crippen molar-refractivity contribution in [2.24, 2.45) is 5.10 Å². The van der Waals surface area contributed by atoms with E-state index in [2.05, 4.69) is 15.5 Å². The van der Waals surface area contributed by atoms with Crippen LogP contribution < -0.4 is 5.43 Å². The van der Waals surface area contributed by atoms with Crippen LogP contribution in [0.15, 0.2) is 35.4 Å². The Morgan fingerprint density at radius 3 is 2.47 bits per heavy atom. The zero-order chi connectivity index (χ0) is 13.8. The van der Waals surface area contributed by atoms with Gasteiger partial charge in [-0.3, -0.25) is 4.79 Å². The number of carbonyl (C=O) groups is 1. The number of hydrazone groups is 1. The number of aromatic nitrogens is 1. The van der Waals surface area contributed by atoms with Crippen LogP contribution in [0.5, 0.6) is 0 Å². The molecule has 2 N–H and O–H groups in total. The molecule has 1 amide bonds. The first-order valence-electron chi connectivity index (χ1n) is 5.19. The van der Waals surface area contributed by atoms with Gasteiger partial charge in [0.05, 0.1) is 11.2 Å². The van der Waals surface area contributed by atoms with Crippen LogP contribution in [-0.4, -0.2) is 17.1 Å². The second-order valence-corrected chi connectivity index (χ2v) is 4.82. The average Bonchev–Trinajstić information content (AvgIpc) is 2.72. The molecule has 0 saturated carbocycles. The summed E-state index contributed by atoms with van der Waals surface area (Å²) in [6, 6.07) is 8.45. The Bertz CT molecular complexity index is 600. The van der Waals surface area contributed by atoms with Gasteiger partial charge in [-0.1, -0.05) is 46.9 Å². The van der Waals surface area contributed by atoms with Crippen molar-refractivity contribution in [1.29, 1.82) is 0 Å². The number of hydrogen-bond donors (Lipinski definition) is 2. The number of nitrogens with zero attached hydrogens (tertiary/aromatic N) is 1. The van der Waals surface area contributed by atoms with Gasteiger partial charge in [0, 0.05) is 5.02 Å². The smallest absolute Gasteiger partial charge is 0.287 e. The van der Waals surface area contributed by atoms with Crippen molar-refractivity contribution in [3.05, 3.63) is 56.8 Å². The lowest BCUT2D eigenvalue weighted by Gasteiger charge is -1.96. The van der Waals surface area contributed by atoms with Gasteiger partial charge in [-0.05, 0) is 23.8 Å². The standard InChI is InChI=1S/C12H8Cl3N3O/c13-8-3-1-7(2-4-8)6-16-18-12(19)10-5-9(14)11(15)17-10/h1-6,17H,(H,18,19)/b16-6+. The minimum Gasteiger partial charge on any atom is -0.340 e. The Kier molecular flexibility index (Phi) is 4.47. The van der Waals surface area contributed by atoms with Gasteiger partial charge in [0.25, 0.3) is 5.91 Å².